The Hall–Kier alpha value is -1.77. The first-order valence-corrected chi connectivity index (χ1v) is 8.32. The van der Waals surface area contributed by atoms with Crippen LogP contribution in [-0.2, 0) is 29.3 Å². The van der Waals surface area contributed by atoms with Gasteiger partial charge >= 0.3 is 17.3 Å². The van der Waals surface area contributed by atoms with Gasteiger partial charge in [-0.3, -0.25) is 13.2 Å². The smallest absolute Gasteiger partial charge is 0.338 e. The number of nitrogens with one attached hydrogen (secondary N) is 1. The first-order valence-electron chi connectivity index (χ1n) is 7.32. The fourth-order valence-corrected chi connectivity index (χ4v) is 4.58. The SMILES string of the molecule is CNC(=O)[C@@]12C[C@@H]1[C@@H]1OS(=O)O[C@@H]1[C@@H]2OC(=O)c1ccccc1. The molecule has 4 rings (SSSR count). The summed E-state index contributed by atoms with van der Waals surface area (Å²) in [7, 11) is 1.54. The molecule has 1 heterocycles. The molecule has 122 valence electrons. The van der Waals surface area contributed by atoms with Crippen LogP contribution in [-0.4, -0.2) is 41.4 Å². The number of benzene rings is 1. The monoisotopic (exact) mass is 337 g/mol. The van der Waals surface area contributed by atoms with Crippen molar-refractivity contribution in [1.29, 1.82) is 0 Å². The average molecular weight is 337 g/mol. The molecule has 2 saturated carbocycles. The minimum atomic E-state index is -1.86. The van der Waals surface area contributed by atoms with Crippen LogP contribution in [0, 0.1) is 11.3 Å². The molecule has 1 aromatic rings. The van der Waals surface area contributed by atoms with Crippen molar-refractivity contribution in [2.24, 2.45) is 11.3 Å². The normalized spacial score (nSPS) is 40.1. The van der Waals surface area contributed by atoms with E-state index >= 15 is 0 Å². The number of amides is 1. The van der Waals surface area contributed by atoms with E-state index in [9.17, 15) is 13.8 Å². The molecule has 1 N–H and O–H groups in total. The largest absolute Gasteiger partial charge is 0.455 e. The van der Waals surface area contributed by atoms with Crippen LogP contribution in [0.3, 0.4) is 0 Å². The second-order valence-electron chi connectivity index (χ2n) is 5.95. The number of ether oxygens (including phenoxy) is 1. The molecule has 0 spiro atoms. The first-order chi connectivity index (χ1) is 11.1. The van der Waals surface area contributed by atoms with Crippen LogP contribution in [0.2, 0.25) is 0 Å². The summed E-state index contributed by atoms with van der Waals surface area (Å²) in [5.74, 6) is -0.889. The van der Waals surface area contributed by atoms with Gasteiger partial charge in [0.2, 0.25) is 5.91 Å². The topological polar surface area (TPSA) is 90.9 Å². The average Bonchev–Trinajstić information content (AvgIpc) is 3.12. The molecule has 23 heavy (non-hydrogen) atoms. The maximum atomic E-state index is 12.4. The summed E-state index contributed by atoms with van der Waals surface area (Å²) in [6.45, 7) is 0. The summed E-state index contributed by atoms with van der Waals surface area (Å²) in [5, 5.41) is 2.62. The Bertz CT molecular complexity index is 694. The van der Waals surface area contributed by atoms with Crippen molar-refractivity contribution in [3.63, 3.8) is 0 Å². The number of rotatable bonds is 3. The van der Waals surface area contributed by atoms with E-state index < -0.39 is 41.1 Å². The standard InChI is InChI=1S/C15H15NO6S/c1-16-14(18)15-7-9(15)10-11(22-23(19)21-10)12(15)20-13(17)8-5-3-2-4-6-8/h2-6,9-12H,7H2,1H3,(H,16,18)/t9-,10+,11+,12+,15+,23?/m1/s1. The lowest BCUT2D eigenvalue weighted by Crippen LogP contribution is -2.44. The summed E-state index contributed by atoms with van der Waals surface area (Å²) >= 11 is -1.86. The van der Waals surface area contributed by atoms with Crippen LogP contribution >= 0.6 is 0 Å². The van der Waals surface area contributed by atoms with E-state index in [-0.39, 0.29) is 11.8 Å². The van der Waals surface area contributed by atoms with Gasteiger partial charge < -0.3 is 10.1 Å². The Kier molecular flexibility index (Phi) is 3.29. The molecule has 0 radical (unpaired) electrons. The van der Waals surface area contributed by atoms with E-state index in [1.54, 1.807) is 30.3 Å². The summed E-state index contributed by atoms with van der Waals surface area (Å²) in [4.78, 5) is 24.7. The van der Waals surface area contributed by atoms with Gasteiger partial charge in [-0.15, -0.1) is 0 Å². The maximum absolute atomic E-state index is 12.4. The van der Waals surface area contributed by atoms with E-state index in [0.717, 1.165) is 0 Å². The third kappa shape index (κ3) is 2.05. The molecule has 0 aromatic heterocycles. The van der Waals surface area contributed by atoms with Crippen LogP contribution in [0.5, 0.6) is 0 Å². The van der Waals surface area contributed by atoms with Gasteiger partial charge in [0.15, 0.2) is 0 Å². The summed E-state index contributed by atoms with van der Waals surface area (Å²) in [5.41, 5.74) is -0.459. The zero-order chi connectivity index (χ0) is 16.2. The van der Waals surface area contributed by atoms with Crippen molar-refractivity contribution >= 4 is 23.2 Å². The molecule has 1 saturated heterocycles. The van der Waals surface area contributed by atoms with E-state index in [4.69, 9.17) is 13.1 Å². The van der Waals surface area contributed by atoms with Crippen molar-refractivity contribution in [3.8, 4) is 0 Å². The fourth-order valence-electron chi connectivity index (χ4n) is 3.72. The van der Waals surface area contributed by atoms with Crippen molar-refractivity contribution in [3.05, 3.63) is 35.9 Å². The van der Waals surface area contributed by atoms with E-state index in [1.807, 2.05) is 0 Å². The molecule has 1 amide bonds. The van der Waals surface area contributed by atoms with Gasteiger partial charge in [-0.05, 0) is 18.6 Å². The maximum Gasteiger partial charge on any atom is 0.338 e. The number of hydrogen-bond donors (Lipinski definition) is 1. The molecule has 1 unspecified atom stereocenters. The van der Waals surface area contributed by atoms with Crippen LogP contribution in [0.25, 0.3) is 0 Å². The van der Waals surface area contributed by atoms with Crippen molar-refractivity contribution < 1.29 is 26.9 Å². The summed E-state index contributed by atoms with van der Waals surface area (Å²) in [6, 6.07) is 8.52. The fraction of sp³-hybridized carbons (Fsp3) is 0.467. The molecule has 8 heteroatoms. The minimum Gasteiger partial charge on any atom is -0.455 e. The molecule has 7 nitrogen and oxygen atoms in total. The van der Waals surface area contributed by atoms with Crippen LogP contribution in [0.4, 0.5) is 0 Å². The number of hydrogen-bond acceptors (Lipinski definition) is 6. The van der Waals surface area contributed by atoms with Crippen LogP contribution in [0.1, 0.15) is 16.8 Å². The van der Waals surface area contributed by atoms with Crippen molar-refractivity contribution in [1.82, 2.24) is 5.32 Å². The van der Waals surface area contributed by atoms with E-state index in [2.05, 4.69) is 5.32 Å². The number of esters is 1. The molecule has 1 aromatic carbocycles. The highest BCUT2D eigenvalue weighted by Crippen LogP contribution is 2.67. The number of carbonyl (C=O) groups excluding carboxylic acids is 2. The third-order valence-electron chi connectivity index (χ3n) is 4.86. The zero-order valence-corrected chi connectivity index (χ0v) is 13.1. The highest BCUT2D eigenvalue weighted by atomic mass is 32.2. The number of fused-ring (bicyclic) bond motifs is 3. The molecule has 1 aliphatic heterocycles. The Morgan fingerprint density at radius 3 is 2.65 bits per heavy atom. The van der Waals surface area contributed by atoms with Gasteiger partial charge in [0.25, 0.3) is 0 Å². The second kappa shape index (κ2) is 5.12. The molecule has 3 fully saturated rings. The summed E-state index contributed by atoms with van der Waals surface area (Å²) in [6.07, 6.45) is -1.45. The van der Waals surface area contributed by atoms with Gasteiger partial charge in [0, 0.05) is 13.0 Å². The molecule has 6 atom stereocenters. The molecule has 2 aliphatic carbocycles. The van der Waals surface area contributed by atoms with Crippen molar-refractivity contribution in [2.45, 2.75) is 24.7 Å². The van der Waals surface area contributed by atoms with E-state index in [0.29, 0.717) is 12.0 Å². The van der Waals surface area contributed by atoms with Crippen LogP contribution < -0.4 is 5.32 Å². The molecular weight excluding hydrogens is 322 g/mol. The minimum absolute atomic E-state index is 0.146. The van der Waals surface area contributed by atoms with Gasteiger partial charge in [-0.25, -0.2) is 4.79 Å². The highest BCUT2D eigenvalue weighted by Gasteiger charge is 2.79. The van der Waals surface area contributed by atoms with Crippen molar-refractivity contribution in [2.75, 3.05) is 7.05 Å². The van der Waals surface area contributed by atoms with Gasteiger partial charge in [0.1, 0.15) is 18.3 Å². The quantitative estimate of drug-likeness (QED) is 0.800. The first kappa shape index (κ1) is 14.8. The molecule has 0 bridgehead atoms. The van der Waals surface area contributed by atoms with Gasteiger partial charge in [-0.1, -0.05) is 18.2 Å². The molecular formula is C15H15NO6S. The highest BCUT2D eigenvalue weighted by molar-refractivity contribution is 7.75. The Morgan fingerprint density at radius 1 is 1.26 bits per heavy atom. The Balaban J connectivity index is 1.63. The Morgan fingerprint density at radius 2 is 1.96 bits per heavy atom. The van der Waals surface area contributed by atoms with Gasteiger partial charge in [0.05, 0.1) is 11.0 Å². The lowest BCUT2D eigenvalue weighted by atomic mass is 9.98. The predicted molar refractivity (Wildman–Crippen MR) is 78.1 cm³/mol. The zero-order valence-electron chi connectivity index (χ0n) is 12.3. The lowest BCUT2D eigenvalue weighted by molar-refractivity contribution is -0.131. The van der Waals surface area contributed by atoms with E-state index in [1.165, 1.54) is 7.05 Å². The summed E-state index contributed by atoms with van der Waals surface area (Å²) < 4.78 is 27.6. The number of carbonyl (C=O) groups is 2. The third-order valence-corrected chi connectivity index (χ3v) is 5.62. The lowest BCUT2D eigenvalue weighted by Gasteiger charge is -2.25. The second-order valence-corrected chi connectivity index (χ2v) is 6.74. The Labute approximate surface area is 135 Å². The van der Waals surface area contributed by atoms with Crippen LogP contribution in [0.15, 0.2) is 30.3 Å². The predicted octanol–water partition coefficient (Wildman–Crippen LogP) is 0.341. The molecule has 3 aliphatic rings. The van der Waals surface area contributed by atoms with Gasteiger partial charge in [-0.2, -0.15) is 4.21 Å².